The molecular formula is C19H21N5. The molecule has 2 N–H and O–H groups in total. The van der Waals surface area contributed by atoms with E-state index in [0.29, 0.717) is 11.5 Å². The molecule has 5 nitrogen and oxygen atoms in total. The number of benzene rings is 2. The quantitative estimate of drug-likeness (QED) is 0.682. The predicted molar refractivity (Wildman–Crippen MR) is 97.5 cm³/mol. The minimum absolute atomic E-state index is 0.493. The van der Waals surface area contributed by atoms with Gasteiger partial charge in [-0.05, 0) is 62.6 Å². The van der Waals surface area contributed by atoms with Crippen LogP contribution in [-0.4, -0.2) is 9.78 Å². The molecule has 1 heterocycles. The van der Waals surface area contributed by atoms with Gasteiger partial charge in [0.15, 0.2) is 11.5 Å². The van der Waals surface area contributed by atoms with Crippen molar-refractivity contribution < 1.29 is 0 Å². The maximum absolute atomic E-state index is 6.27. The highest BCUT2D eigenvalue weighted by atomic mass is 15.3. The van der Waals surface area contributed by atoms with Gasteiger partial charge in [0.05, 0.1) is 17.1 Å². The summed E-state index contributed by atoms with van der Waals surface area (Å²) < 4.78 is 1.71. The lowest BCUT2D eigenvalue weighted by Gasteiger charge is -2.04. The van der Waals surface area contributed by atoms with E-state index >= 15 is 0 Å². The second kappa shape index (κ2) is 6.28. The van der Waals surface area contributed by atoms with Gasteiger partial charge >= 0.3 is 0 Å². The molecule has 5 heteroatoms. The van der Waals surface area contributed by atoms with Crippen LogP contribution in [0.3, 0.4) is 0 Å². The molecular weight excluding hydrogens is 298 g/mol. The summed E-state index contributed by atoms with van der Waals surface area (Å²) >= 11 is 0. The number of nitrogens with zero attached hydrogens (tertiary/aromatic N) is 4. The molecule has 24 heavy (non-hydrogen) atoms. The van der Waals surface area contributed by atoms with Gasteiger partial charge in [0.1, 0.15) is 0 Å². The van der Waals surface area contributed by atoms with E-state index in [1.165, 1.54) is 0 Å². The Morgan fingerprint density at radius 3 is 2.42 bits per heavy atom. The first-order valence-corrected chi connectivity index (χ1v) is 7.87. The normalized spacial score (nSPS) is 11.3. The lowest BCUT2D eigenvalue weighted by atomic mass is 10.1. The fourth-order valence-electron chi connectivity index (χ4n) is 2.55. The minimum atomic E-state index is 0.493. The first kappa shape index (κ1) is 15.9. The van der Waals surface area contributed by atoms with E-state index in [2.05, 4.69) is 21.4 Å². The van der Waals surface area contributed by atoms with Crippen LogP contribution >= 0.6 is 0 Å². The number of rotatable bonds is 3. The highest BCUT2D eigenvalue weighted by Crippen LogP contribution is 2.31. The standard InChI is InChI=1S/C19H21N5/c1-12-6-5-7-16(10-12)24-19(20)18(15(4)23-24)22-21-17-11-13(2)8-9-14(17)3/h5-11H,20H2,1-4H3. The summed E-state index contributed by atoms with van der Waals surface area (Å²) in [5.41, 5.74) is 12.8. The lowest BCUT2D eigenvalue weighted by molar-refractivity contribution is 0.871. The average molecular weight is 319 g/mol. The maximum atomic E-state index is 6.27. The fourth-order valence-corrected chi connectivity index (χ4v) is 2.55. The molecule has 3 aromatic rings. The monoisotopic (exact) mass is 319 g/mol. The third-order valence-corrected chi connectivity index (χ3v) is 3.93. The molecule has 0 fully saturated rings. The van der Waals surface area contributed by atoms with Gasteiger partial charge in [-0.1, -0.05) is 24.3 Å². The topological polar surface area (TPSA) is 68.6 Å². The summed E-state index contributed by atoms with van der Waals surface area (Å²) in [6.07, 6.45) is 0. The number of aromatic nitrogens is 2. The van der Waals surface area contributed by atoms with Crippen molar-refractivity contribution in [2.24, 2.45) is 10.2 Å². The van der Waals surface area contributed by atoms with Crippen molar-refractivity contribution in [3.05, 3.63) is 64.8 Å². The van der Waals surface area contributed by atoms with Crippen LogP contribution in [0.4, 0.5) is 17.2 Å². The Bertz CT molecular complexity index is 922. The number of azo groups is 1. The van der Waals surface area contributed by atoms with E-state index in [9.17, 15) is 0 Å². The number of aryl methyl sites for hydroxylation is 4. The van der Waals surface area contributed by atoms with Gasteiger partial charge in [-0.3, -0.25) is 0 Å². The molecule has 0 aliphatic rings. The van der Waals surface area contributed by atoms with Crippen LogP contribution in [0, 0.1) is 27.7 Å². The van der Waals surface area contributed by atoms with E-state index in [-0.39, 0.29) is 0 Å². The van der Waals surface area contributed by atoms with Gasteiger partial charge in [-0.25, -0.2) is 4.68 Å². The Labute approximate surface area is 141 Å². The molecule has 0 saturated carbocycles. The van der Waals surface area contributed by atoms with Gasteiger partial charge in [-0.15, -0.1) is 5.11 Å². The molecule has 0 unspecified atom stereocenters. The zero-order valence-electron chi connectivity index (χ0n) is 14.4. The Morgan fingerprint density at radius 1 is 0.917 bits per heavy atom. The second-order valence-corrected chi connectivity index (χ2v) is 6.06. The summed E-state index contributed by atoms with van der Waals surface area (Å²) in [5, 5.41) is 13.2. The number of hydrogen-bond donors (Lipinski definition) is 1. The summed E-state index contributed by atoms with van der Waals surface area (Å²) in [7, 11) is 0. The molecule has 3 rings (SSSR count). The van der Waals surface area contributed by atoms with Crippen molar-refractivity contribution in [2.75, 3.05) is 5.73 Å². The van der Waals surface area contributed by atoms with Crippen LogP contribution in [-0.2, 0) is 0 Å². The molecule has 0 saturated heterocycles. The summed E-state index contributed by atoms with van der Waals surface area (Å²) in [6.45, 7) is 7.98. The Kier molecular flexibility index (Phi) is 4.16. The smallest absolute Gasteiger partial charge is 0.155 e. The lowest BCUT2D eigenvalue weighted by Crippen LogP contribution is -2.01. The van der Waals surface area contributed by atoms with E-state index in [1.807, 2.05) is 64.1 Å². The van der Waals surface area contributed by atoms with Crippen LogP contribution in [0.2, 0.25) is 0 Å². The average Bonchev–Trinajstić information content (AvgIpc) is 2.83. The molecule has 0 bridgehead atoms. The number of anilines is 1. The van der Waals surface area contributed by atoms with Crippen molar-refractivity contribution in [3.8, 4) is 5.69 Å². The minimum Gasteiger partial charge on any atom is -0.382 e. The highest BCUT2D eigenvalue weighted by Gasteiger charge is 2.13. The predicted octanol–water partition coefficient (Wildman–Crippen LogP) is 5.10. The van der Waals surface area contributed by atoms with Crippen LogP contribution in [0.15, 0.2) is 52.7 Å². The van der Waals surface area contributed by atoms with E-state index < -0.39 is 0 Å². The molecule has 0 atom stereocenters. The number of nitrogens with two attached hydrogens (primary N) is 1. The highest BCUT2D eigenvalue weighted by molar-refractivity contribution is 5.64. The van der Waals surface area contributed by atoms with E-state index in [0.717, 1.165) is 33.8 Å². The molecule has 0 aliphatic carbocycles. The molecule has 2 aromatic carbocycles. The Morgan fingerprint density at radius 2 is 1.67 bits per heavy atom. The van der Waals surface area contributed by atoms with Crippen LogP contribution < -0.4 is 5.73 Å². The maximum Gasteiger partial charge on any atom is 0.155 e. The molecule has 0 amide bonds. The zero-order chi connectivity index (χ0) is 17.3. The van der Waals surface area contributed by atoms with Gasteiger partial charge in [0, 0.05) is 0 Å². The van der Waals surface area contributed by atoms with E-state index in [4.69, 9.17) is 5.73 Å². The molecule has 0 radical (unpaired) electrons. The van der Waals surface area contributed by atoms with Gasteiger partial charge in [-0.2, -0.15) is 10.2 Å². The van der Waals surface area contributed by atoms with Crippen molar-refractivity contribution in [3.63, 3.8) is 0 Å². The largest absolute Gasteiger partial charge is 0.382 e. The van der Waals surface area contributed by atoms with Gasteiger partial charge < -0.3 is 5.73 Å². The molecule has 1 aromatic heterocycles. The summed E-state index contributed by atoms with van der Waals surface area (Å²) in [4.78, 5) is 0. The third kappa shape index (κ3) is 3.06. The first-order chi connectivity index (χ1) is 11.5. The van der Waals surface area contributed by atoms with Crippen LogP contribution in [0.1, 0.15) is 22.4 Å². The number of hydrogen-bond acceptors (Lipinski definition) is 4. The number of nitrogen functional groups attached to an aromatic ring is 1. The fraction of sp³-hybridized carbons (Fsp3) is 0.211. The van der Waals surface area contributed by atoms with Crippen molar-refractivity contribution >= 4 is 17.2 Å². The first-order valence-electron chi connectivity index (χ1n) is 7.87. The molecule has 122 valence electrons. The van der Waals surface area contributed by atoms with Crippen LogP contribution in [0.5, 0.6) is 0 Å². The Balaban J connectivity index is 2.01. The van der Waals surface area contributed by atoms with Gasteiger partial charge in [0.25, 0.3) is 0 Å². The third-order valence-electron chi connectivity index (χ3n) is 3.93. The zero-order valence-corrected chi connectivity index (χ0v) is 14.4. The Hall–Kier alpha value is -2.95. The molecule has 0 aliphatic heterocycles. The SMILES string of the molecule is Cc1cccc(-n2nc(C)c(N=Nc3cc(C)ccc3C)c2N)c1. The molecule has 0 spiro atoms. The summed E-state index contributed by atoms with van der Waals surface area (Å²) in [6, 6.07) is 14.1. The summed E-state index contributed by atoms with van der Waals surface area (Å²) in [5.74, 6) is 0.493. The van der Waals surface area contributed by atoms with Crippen LogP contribution in [0.25, 0.3) is 5.69 Å². The van der Waals surface area contributed by atoms with Crippen molar-refractivity contribution in [2.45, 2.75) is 27.7 Å². The van der Waals surface area contributed by atoms with Crippen molar-refractivity contribution in [1.29, 1.82) is 0 Å². The van der Waals surface area contributed by atoms with Gasteiger partial charge in [0.2, 0.25) is 0 Å². The van der Waals surface area contributed by atoms with E-state index in [1.54, 1.807) is 4.68 Å². The van der Waals surface area contributed by atoms with Crippen molar-refractivity contribution in [1.82, 2.24) is 9.78 Å². The second-order valence-electron chi connectivity index (χ2n) is 6.06.